The molecule has 1 unspecified atom stereocenters. The summed E-state index contributed by atoms with van der Waals surface area (Å²) in [5.74, 6) is 1.57. The summed E-state index contributed by atoms with van der Waals surface area (Å²) in [5.41, 5.74) is 5.17. The maximum atomic E-state index is 6.77. The number of anilines is 1. The molecular weight excluding hydrogens is 537 g/mol. The number of fused-ring (bicyclic) bond motifs is 2. The third-order valence-corrected chi connectivity index (χ3v) is 8.23. The third kappa shape index (κ3) is 6.12. The topological polar surface area (TPSA) is 46.0 Å². The van der Waals surface area contributed by atoms with Gasteiger partial charge in [0, 0.05) is 40.1 Å². The smallest absolute Gasteiger partial charge is 0.164 e. The highest BCUT2D eigenvalue weighted by atomic mass is 35.5. The molecule has 0 saturated carbocycles. The molecule has 7 heteroatoms. The fourth-order valence-electron chi connectivity index (χ4n) is 5.40. The summed E-state index contributed by atoms with van der Waals surface area (Å²) in [7, 11) is 0. The van der Waals surface area contributed by atoms with E-state index in [0.29, 0.717) is 17.4 Å². The van der Waals surface area contributed by atoms with Crippen molar-refractivity contribution < 1.29 is 0 Å². The zero-order chi connectivity index (χ0) is 28.2. The van der Waals surface area contributed by atoms with Crippen molar-refractivity contribution in [3.05, 3.63) is 88.0 Å². The largest absolute Gasteiger partial charge is 0.367 e. The molecule has 208 valence electrons. The predicted octanol–water partition coefficient (Wildman–Crippen LogP) is 8.84. The van der Waals surface area contributed by atoms with Gasteiger partial charge in [0.2, 0.25) is 0 Å². The number of rotatable bonds is 11. The Balaban J connectivity index is 1.54. The Morgan fingerprint density at radius 3 is 2.40 bits per heavy atom. The van der Waals surface area contributed by atoms with Crippen LogP contribution in [0.5, 0.6) is 0 Å². The molecule has 0 spiro atoms. The van der Waals surface area contributed by atoms with Crippen LogP contribution in [-0.2, 0) is 6.54 Å². The van der Waals surface area contributed by atoms with Gasteiger partial charge < -0.3 is 14.8 Å². The van der Waals surface area contributed by atoms with E-state index in [9.17, 15) is 0 Å². The Kier molecular flexibility index (Phi) is 8.94. The van der Waals surface area contributed by atoms with Crippen molar-refractivity contribution in [2.45, 2.75) is 53.1 Å². The van der Waals surface area contributed by atoms with E-state index in [1.807, 2.05) is 36.4 Å². The Morgan fingerprint density at radius 1 is 0.925 bits per heavy atom. The Bertz CT molecular complexity index is 1610. The highest BCUT2D eigenvalue weighted by Crippen LogP contribution is 2.36. The second-order valence-electron chi connectivity index (χ2n) is 10.5. The van der Waals surface area contributed by atoms with Gasteiger partial charge in [0.1, 0.15) is 5.82 Å². The quantitative estimate of drug-likeness (QED) is 0.171. The van der Waals surface area contributed by atoms with E-state index in [-0.39, 0.29) is 6.04 Å². The molecule has 0 amide bonds. The second kappa shape index (κ2) is 12.6. The molecule has 40 heavy (non-hydrogen) atoms. The Labute approximate surface area is 247 Å². The molecule has 0 fully saturated rings. The number of benzene rings is 3. The summed E-state index contributed by atoms with van der Waals surface area (Å²) in [5, 5.41) is 7.23. The van der Waals surface area contributed by atoms with Gasteiger partial charge in [-0.15, -0.1) is 0 Å². The van der Waals surface area contributed by atoms with Gasteiger partial charge in [-0.1, -0.05) is 73.4 Å². The molecule has 0 aliphatic heterocycles. The highest BCUT2D eigenvalue weighted by molar-refractivity contribution is 6.35. The molecule has 2 heterocycles. The fourth-order valence-corrected chi connectivity index (χ4v) is 5.81. The second-order valence-corrected chi connectivity index (χ2v) is 11.4. The molecule has 3 aromatic carbocycles. The normalized spacial score (nSPS) is 12.5. The van der Waals surface area contributed by atoms with Gasteiger partial charge in [-0.25, -0.2) is 9.97 Å². The first-order valence-corrected chi connectivity index (χ1v) is 14.9. The fraction of sp³-hybridized carbons (Fsp3) is 0.333. The summed E-state index contributed by atoms with van der Waals surface area (Å²) >= 11 is 12.9. The van der Waals surface area contributed by atoms with Gasteiger partial charge in [0.05, 0.1) is 16.1 Å². The van der Waals surface area contributed by atoms with Crippen molar-refractivity contribution in [3.63, 3.8) is 0 Å². The minimum atomic E-state index is 0.280. The lowest BCUT2D eigenvalue weighted by molar-refractivity contribution is 0.295. The zero-order valence-electron chi connectivity index (χ0n) is 23.7. The number of aromatic nitrogens is 3. The predicted molar refractivity (Wildman–Crippen MR) is 171 cm³/mol. The van der Waals surface area contributed by atoms with E-state index < -0.39 is 0 Å². The summed E-state index contributed by atoms with van der Waals surface area (Å²) in [6, 6.07) is 20.5. The van der Waals surface area contributed by atoms with Crippen LogP contribution < -0.4 is 5.32 Å². The van der Waals surface area contributed by atoms with Crippen LogP contribution in [0, 0.1) is 6.92 Å². The lowest BCUT2D eigenvalue weighted by Gasteiger charge is -2.21. The van der Waals surface area contributed by atoms with Crippen molar-refractivity contribution >= 4 is 50.8 Å². The number of aryl methyl sites for hydroxylation is 1. The van der Waals surface area contributed by atoms with Gasteiger partial charge in [-0.2, -0.15) is 0 Å². The van der Waals surface area contributed by atoms with Gasteiger partial charge in [0.25, 0.3) is 0 Å². The number of nitrogens with zero attached hydrogens (tertiary/aromatic N) is 4. The van der Waals surface area contributed by atoms with Gasteiger partial charge in [-0.3, -0.25) is 0 Å². The highest BCUT2D eigenvalue weighted by Gasteiger charge is 2.19. The van der Waals surface area contributed by atoms with Crippen molar-refractivity contribution in [1.29, 1.82) is 0 Å². The molecule has 5 aromatic rings. The van der Waals surface area contributed by atoms with Crippen LogP contribution in [0.15, 0.2) is 66.9 Å². The van der Waals surface area contributed by atoms with Crippen LogP contribution in [0.25, 0.3) is 33.2 Å². The number of hydrogen-bond donors (Lipinski definition) is 1. The minimum Gasteiger partial charge on any atom is -0.367 e. The van der Waals surface area contributed by atoms with Crippen molar-refractivity contribution in [2.75, 3.05) is 25.0 Å². The molecule has 0 aliphatic rings. The molecular formula is C33H37Cl2N5. The van der Waals surface area contributed by atoms with Gasteiger partial charge in [0.15, 0.2) is 5.82 Å². The number of hydrogen-bond acceptors (Lipinski definition) is 4. The molecule has 0 aliphatic carbocycles. The van der Waals surface area contributed by atoms with E-state index in [4.69, 9.17) is 33.2 Å². The lowest BCUT2D eigenvalue weighted by atomic mass is 10.1. The van der Waals surface area contributed by atoms with E-state index in [0.717, 1.165) is 81.8 Å². The van der Waals surface area contributed by atoms with Crippen LogP contribution in [0.3, 0.4) is 0 Å². The summed E-state index contributed by atoms with van der Waals surface area (Å²) in [6.07, 6.45) is 4.34. The average Bonchev–Trinajstić information content (AvgIpc) is 3.32. The molecule has 0 saturated heterocycles. The first kappa shape index (κ1) is 28.4. The minimum absolute atomic E-state index is 0.280. The average molecular weight is 575 g/mol. The molecule has 1 N–H and O–H groups in total. The zero-order valence-corrected chi connectivity index (χ0v) is 25.2. The van der Waals surface area contributed by atoms with Crippen LogP contribution in [0.1, 0.15) is 44.7 Å². The molecule has 1 atom stereocenters. The SMILES string of the molecule is CCN(CC)CCCC(C)Nc1nc(-c2cn(Cc3ccc(Cl)cc3)c3c(Cl)cccc23)nc2c(C)cccc12. The van der Waals surface area contributed by atoms with Crippen LogP contribution in [-0.4, -0.2) is 45.1 Å². The number of nitrogens with one attached hydrogen (secondary N) is 1. The Morgan fingerprint density at radius 2 is 1.65 bits per heavy atom. The molecule has 0 bridgehead atoms. The standard InChI is InChI=1S/C33H37Cl2N5/c1-5-39(6-2)19-9-11-23(4)36-32-27-13-7-10-22(3)30(27)37-33(38-32)28-21-40(20-24-15-17-25(34)18-16-24)31-26(28)12-8-14-29(31)35/h7-8,10,12-18,21,23H,5-6,9,11,19-20H2,1-4H3,(H,36,37,38). The Hall–Kier alpha value is -3.12. The molecule has 5 nitrogen and oxygen atoms in total. The van der Waals surface area contributed by atoms with Gasteiger partial charge in [-0.05, 0) is 81.7 Å². The first-order valence-electron chi connectivity index (χ1n) is 14.2. The van der Waals surface area contributed by atoms with Crippen LogP contribution in [0.2, 0.25) is 10.0 Å². The maximum absolute atomic E-state index is 6.77. The van der Waals surface area contributed by atoms with E-state index in [1.54, 1.807) is 0 Å². The first-order chi connectivity index (χ1) is 19.4. The van der Waals surface area contributed by atoms with E-state index in [2.05, 4.69) is 72.9 Å². The summed E-state index contributed by atoms with van der Waals surface area (Å²) in [4.78, 5) is 12.7. The van der Waals surface area contributed by atoms with Crippen molar-refractivity contribution in [3.8, 4) is 11.4 Å². The summed E-state index contributed by atoms with van der Waals surface area (Å²) < 4.78 is 2.19. The number of para-hydroxylation sites is 2. The molecule has 5 rings (SSSR count). The van der Waals surface area contributed by atoms with Crippen molar-refractivity contribution in [2.24, 2.45) is 0 Å². The van der Waals surface area contributed by atoms with E-state index in [1.165, 1.54) is 0 Å². The monoisotopic (exact) mass is 573 g/mol. The molecule has 2 aromatic heterocycles. The molecule has 0 radical (unpaired) electrons. The lowest BCUT2D eigenvalue weighted by Crippen LogP contribution is -2.25. The van der Waals surface area contributed by atoms with Gasteiger partial charge >= 0.3 is 0 Å². The van der Waals surface area contributed by atoms with Crippen LogP contribution in [0.4, 0.5) is 5.82 Å². The van der Waals surface area contributed by atoms with E-state index >= 15 is 0 Å². The maximum Gasteiger partial charge on any atom is 0.164 e. The third-order valence-electron chi connectivity index (χ3n) is 7.67. The van der Waals surface area contributed by atoms with Crippen molar-refractivity contribution in [1.82, 2.24) is 19.4 Å². The summed E-state index contributed by atoms with van der Waals surface area (Å²) in [6.45, 7) is 12.8. The number of halogens is 2. The van der Waals surface area contributed by atoms with Crippen LogP contribution >= 0.6 is 23.2 Å².